The van der Waals surface area contributed by atoms with Crippen molar-refractivity contribution in [3.8, 4) is 0 Å². The first kappa shape index (κ1) is 18.9. The lowest BCUT2D eigenvalue weighted by Crippen LogP contribution is -2.53. The molecule has 0 aromatic rings. The molecule has 6 heteroatoms. The summed E-state index contributed by atoms with van der Waals surface area (Å²) >= 11 is 0. The Hall–Kier alpha value is -0.170. The maximum Gasteiger partial charge on any atom is 0.209 e. The molecule has 1 atom stereocenters. The smallest absolute Gasteiger partial charge is 0.209 e. The van der Waals surface area contributed by atoms with Crippen molar-refractivity contribution in [2.45, 2.75) is 58.5 Å². The number of hydrogen-bond donors (Lipinski definition) is 2. The molecule has 1 fully saturated rings. The Morgan fingerprint density at radius 3 is 2.33 bits per heavy atom. The molecule has 1 aliphatic heterocycles. The van der Waals surface area contributed by atoms with Crippen LogP contribution in [0.3, 0.4) is 0 Å². The van der Waals surface area contributed by atoms with Gasteiger partial charge in [0.05, 0.1) is 6.26 Å². The average molecular weight is 320 g/mol. The van der Waals surface area contributed by atoms with Crippen LogP contribution < -0.4 is 10.0 Å². The summed E-state index contributed by atoms with van der Waals surface area (Å²) in [5.41, 5.74) is -0.454. The molecule has 1 heterocycles. The second kappa shape index (κ2) is 7.90. The highest BCUT2D eigenvalue weighted by Gasteiger charge is 2.26. The normalized spacial score (nSPS) is 20.6. The lowest BCUT2D eigenvalue weighted by atomic mass is 9.90. The van der Waals surface area contributed by atoms with E-state index >= 15 is 0 Å². The van der Waals surface area contributed by atoms with Crippen LogP contribution in [0.25, 0.3) is 0 Å². The van der Waals surface area contributed by atoms with Crippen LogP contribution in [0, 0.1) is 5.92 Å². The SMILES string of the molecule is CCCN1CCC(C(C)NCC(C)(C)NS(C)(=O)=O)CC1. The topological polar surface area (TPSA) is 61.4 Å². The summed E-state index contributed by atoms with van der Waals surface area (Å²) in [6, 6.07) is 0.425. The Bertz CT molecular complexity index is 401. The van der Waals surface area contributed by atoms with Crippen molar-refractivity contribution >= 4 is 10.0 Å². The van der Waals surface area contributed by atoms with Crippen molar-refractivity contribution in [3.63, 3.8) is 0 Å². The number of hydrogen-bond acceptors (Lipinski definition) is 4. The van der Waals surface area contributed by atoms with E-state index in [-0.39, 0.29) is 0 Å². The molecular weight excluding hydrogens is 286 g/mol. The predicted octanol–water partition coefficient (Wildman–Crippen LogP) is 1.41. The Morgan fingerprint density at radius 1 is 1.29 bits per heavy atom. The molecule has 0 spiro atoms. The minimum atomic E-state index is -3.16. The number of nitrogens with zero attached hydrogens (tertiary/aromatic N) is 1. The standard InChI is InChI=1S/C15H33N3O2S/c1-6-9-18-10-7-14(8-11-18)13(2)16-12-15(3,4)17-21(5,19)20/h13-14,16-17H,6-12H2,1-5H3. The molecule has 1 unspecified atom stereocenters. The molecule has 21 heavy (non-hydrogen) atoms. The van der Waals surface area contributed by atoms with Crippen LogP contribution >= 0.6 is 0 Å². The third-order valence-corrected chi connectivity index (χ3v) is 5.13. The molecular formula is C15H33N3O2S. The minimum absolute atomic E-state index is 0.425. The Kier molecular flexibility index (Phi) is 7.10. The molecule has 1 saturated heterocycles. The van der Waals surface area contributed by atoms with Gasteiger partial charge >= 0.3 is 0 Å². The first-order valence-corrected chi connectivity index (χ1v) is 9.97. The molecule has 5 nitrogen and oxygen atoms in total. The molecule has 0 aromatic heterocycles. The van der Waals surface area contributed by atoms with E-state index in [9.17, 15) is 8.42 Å². The maximum atomic E-state index is 11.3. The monoisotopic (exact) mass is 319 g/mol. The van der Waals surface area contributed by atoms with E-state index in [0.717, 1.165) is 0 Å². The minimum Gasteiger partial charge on any atom is -0.312 e. The number of sulfonamides is 1. The van der Waals surface area contributed by atoms with Gasteiger partial charge in [0.1, 0.15) is 0 Å². The van der Waals surface area contributed by atoms with Crippen LogP contribution in [0.2, 0.25) is 0 Å². The number of rotatable bonds is 8. The number of nitrogens with one attached hydrogen (secondary N) is 2. The zero-order valence-electron chi connectivity index (χ0n) is 14.3. The Morgan fingerprint density at radius 2 is 1.86 bits per heavy atom. The lowest BCUT2D eigenvalue weighted by Gasteiger charge is -2.36. The van der Waals surface area contributed by atoms with Crippen molar-refractivity contribution < 1.29 is 8.42 Å². The van der Waals surface area contributed by atoms with Gasteiger partial charge in [-0.05, 0) is 65.6 Å². The molecule has 0 radical (unpaired) electrons. The van der Waals surface area contributed by atoms with Crippen LogP contribution in [0.1, 0.15) is 47.0 Å². The molecule has 0 bridgehead atoms. The summed E-state index contributed by atoms with van der Waals surface area (Å²) in [6.07, 6.45) is 4.90. The van der Waals surface area contributed by atoms with Gasteiger partial charge in [-0.15, -0.1) is 0 Å². The first-order valence-electron chi connectivity index (χ1n) is 8.07. The van der Waals surface area contributed by atoms with E-state index in [2.05, 4.69) is 28.8 Å². The van der Waals surface area contributed by atoms with Crippen molar-refractivity contribution in [3.05, 3.63) is 0 Å². The van der Waals surface area contributed by atoms with Gasteiger partial charge in [-0.1, -0.05) is 6.92 Å². The van der Waals surface area contributed by atoms with Crippen molar-refractivity contribution in [2.24, 2.45) is 5.92 Å². The van der Waals surface area contributed by atoms with E-state index in [1.165, 1.54) is 45.2 Å². The predicted molar refractivity (Wildman–Crippen MR) is 89.0 cm³/mol. The zero-order valence-corrected chi connectivity index (χ0v) is 15.1. The lowest BCUT2D eigenvalue weighted by molar-refractivity contribution is 0.160. The number of likely N-dealkylation sites (tertiary alicyclic amines) is 1. The van der Waals surface area contributed by atoms with Crippen molar-refractivity contribution in [2.75, 3.05) is 32.4 Å². The Labute approximate surface area is 130 Å². The fraction of sp³-hybridized carbons (Fsp3) is 1.00. The third kappa shape index (κ3) is 7.58. The summed E-state index contributed by atoms with van der Waals surface area (Å²) in [5, 5.41) is 3.52. The zero-order chi connectivity index (χ0) is 16.1. The summed E-state index contributed by atoms with van der Waals surface area (Å²) in [6.45, 7) is 12.5. The molecule has 0 amide bonds. The van der Waals surface area contributed by atoms with Gasteiger partial charge in [-0.2, -0.15) is 0 Å². The van der Waals surface area contributed by atoms with Gasteiger partial charge in [0.2, 0.25) is 10.0 Å². The molecule has 2 N–H and O–H groups in total. The van der Waals surface area contributed by atoms with Gasteiger partial charge < -0.3 is 10.2 Å². The second-order valence-corrected chi connectivity index (χ2v) is 8.86. The first-order chi connectivity index (χ1) is 9.63. The highest BCUT2D eigenvalue weighted by molar-refractivity contribution is 7.88. The summed E-state index contributed by atoms with van der Waals surface area (Å²) in [5.74, 6) is 0.687. The molecule has 1 aliphatic rings. The fourth-order valence-corrected chi connectivity index (χ4v) is 4.19. The van der Waals surface area contributed by atoms with Crippen LogP contribution in [0.15, 0.2) is 0 Å². The van der Waals surface area contributed by atoms with Gasteiger partial charge in [0.25, 0.3) is 0 Å². The van der Waals surface area contributed by atoms with Gasteiger partial charge in [-0.3, -0.25) is 0 Å². The van der Waals surface area contributed by atoms with E-state index in [1.807, 2.05) is 13.8 Å². The highest BCUT2D eigenvalue weighted by Crippen LogP contribution is 2.21. The van der Waals surface area contributed by atoms with Crippen molar-refractivity contribution in [1.29, 1.82) is 0 Å². The second-order valence-electron chi connectivity index (χ2n) is 7.11. The van der Waals surface area contributed by atoms with E-state index in [4.69, 9.17) is 0 Å². The third-order valence-electron chi connectivity index (χ3n) is 4.21. The fourth-order valence-electron chi connectivity index (χ4n) is 3.11. The summed E-state index contributed by atoms with van der Waals surface area (Å²) in [7, 11) is -3.16. The van der Waals surface area contributed by atoms with Crippen LogP contribution in [-0.4, -0.2) is 57.3 Å². The largest absolute Gasteiger partial charge is 0.312 e. The molecule has 0 aliphatic carbocycles. The van der Waals surface area contributed by atoms with Gasteiger partial charge in [-0.25, -0.2) is 13.1 Å². The number of piperidine rings is 1. The van der Waals surface area contributed by atoms with E-state index in [1.54, 1.807) is 0 Å². The maximum absolute atomic E-state index is 11.3. The Balaban J connectivity index is 2.36. The van der Waals surface area contributed by atoms with Gasteiger partial charge in [0.15, 0.2) is 0 Å². The van der Waals surface area contributed by atoms with Crippen LogP contribution in [0.4, 0.5) is 0 Å². The molecule has 126 valence electrons. The van der Waals surface area contributed by atoms with Crippen molar-refractivity contribution in [1.82, 2.24) is 14.9 Å². The molecule has 0 saturated carbocycles. The van der Waals surface area contributed by atoms with Gasteiger partial charge in [0, 0.05) is 18.1 Å². The van der Waals surface area contributed by atoms with E-state index < -0.39 is 15.6 Å². The van der Waals surface area contributed by atoms with Crippen LogP contribution in [-0.2, 0) is 10.0 Å². The van der Waals surface area contributed by atoms with E-state index in [0.29, 0.717) is 18.5 Å². The molecule has 1 rings (SSSR count). The quantitative estimate of drug-likeness (QED) is 0.710. The summed E-state index contributed by atoms with van der Waals surface area (Å²) < 4.78 is 25.4. The van der Waals surface area contributed by atoms with Crippen LogP contribution in [0.5, 0.6) is 0 Å². The average Bonchev–Trinajstić information content (AvgIpc) is 2.34. The highest BCUT2D eigenvalue weighted by atomic mass is 32.2. The summed E-state index contributed by atoms with van der Waals surface area (Å²) in [4.78, 5) is 2.54. The molecule has 0 aromatic carbocycles.